The molecule has 0 spiro atoms. The van der Waals surface area contributed by atoms with Crippen LogP contribution in [-0.2, 0) is 0 Å². The number of benzene rings is 8. The Morgan fingerprint density at radius 1 is 0.235 bits per heavy atom. The highest BCUT2D eigenvalue weighted by Crippen LogP contribution is 2.36. The highest BCUT2D eigenvalue weighted by Gasteiger charge is 2.24. The summed E-state index contributed by atoms with van der Waals surface area (Å²) in [7, 11) is 0. The van der Waals surface area contributed by atoms with Gasteiger partial charge in [-0.2, -0.15) is 19.9 Å². The molecular formula is C56H34N12. The maximum Gasteiger partial charge on any atom is 0.241 e. The van der Waals surface area contributed by atoms with Crippen LogP contribution in [0.3, 0.4) is 0 Å². The maximum atomic E-state index is 5.21. The predicted molar refractivity (Wildman–Crippen MR) is 267 cm³/mol. The standard InChI is InChI=1S/C56H34N12/c1-5-17-35(18-6-1)49-59-50(36-19-7-2-8-20-36)62-53(61-49)67-45-31-29-39(33-47(45)65-43-27-15-13-25-41(43)57-55(65)67)40-30-32-46-48(34-40)66-44-28-16-14-26-42(44)58-56(66)68(46)54-63-51(37-21-9-3-10-22-37)60-52(64-54)38-23-11-4-12-24-38/h1-34H. The third-order valence-electron chi connectivity index (χ3n) is 12.5. The van der Waals surface area contributed by atoms with Crippen molar-refractivity contribution in [1.82, 2.24) is 57.8 Å². The lowest BCUT2D eigenvalue weighted by molar-refractivity contribution is 0.936. The molecule has 0 aliphatic carbocycles. The first-order chi connectivity index (χ1) is 33.7. The molecule has 0 unspecified atom stereocenters. The minimum Gasteiger partial charge on any atom is -0.276 e. The second-order valence-electron chi connectivity index (χ2n) is 16.6. The van der Waals surface area contributed by atoms with Gasteiger partial charge in [0.1, 0.15) is 0 Å². The summed E-state index contributed by atoms with van der Waals surface area (Å²) < 4.78 is 8.50. The molecule has 0 saturated carbocycles. The first kappa shape index (κ1) is 37.7. The van der Waals surface area contributed by atoms with E-state index in [9.17, 15) is 0 Å². The Morgan fingerprint density at radius 3 is 0.912 bits per heavy atom. The van der Waals surface area contributed by atoms with Crippen LogP contribution in [0, 0.1) is 0 Å². The van der Waals surface area contributed by atoms with Crippen molar-refractivity contribution < 1.29 is 0 Å². The molecule has 14 rings (SSSR count). The Labute approximate surface area is 386 Å². The minimum absolute atomic E-state index is 0.474. The fourth-order valence-corrected chi connectivity index (χ4v) is 9.35. The van der Waals surface area contributed by atoms with Gasteiger partial charge in [0.2, 0.25) is 23.5 Å². The lowest BCUT2D eigenvalue weighted by atomic mass is 10.0. The highest BCUT2D eigenvalue weighted by atomic mass is 15.3. The quantitative estimate of drug-likeness (QED) is 0.155. The van der Waals surface area contributed by atoms with Crippen molar-refractivity contribution in [3.8, 4) is 68.6 Å². The Hall–Kier alpha value is -9.68. The Morgan fingerprint density at radius 2 is 0.559 bits per heavy atom. The second kappa shape index (κ2) is 14.9. The number of rotatable bonds is 7. The monoisotopic (exact) mass is 874 g/mol. The van der Waals surface area contributed by atoms with Crippen molar-refractivity contribution in [2.24, 2.45) is 0 Å². The molecule has 0 amide bonds. The fourth-order valence-electron chi connectivity index (χ4n) is 9.35. The molecule has 0 aliphatic heterocycles. The first-order valence-electron chi connectivity index (χ1n) is 22.3. The van der Waals surface area contributed by atoms with Crippen molar-refractivity contribution in [3.05, 3.63) is 206 Å². The smallest absolute Gasteiger partial charge is 0.241 e. The van der Waals surface area contributed by atoms with Gasteiger partial charge in [0.15, 0.2) is 23.3 Å². The maximum absolute atomic E-state index is 5.21. The van der Waals surface area contributed by atoms with E-state index in [0.717, 1.165) is 77.5 Å². The van der Waals surface area contributed by atoms with E-state index in [1.54, 1.807) is 0 Å². The molecule has 318 valence electrons. The summed E-state index contributed by atoms with van der Waals surface area (Å²) in [5, 5.41) is 0. The zero-order chi connectivity index (χ0) is 44.7. The molecule has 0 N–H and O–H groups in total. The lowest BCUT2D eigenvalue weighted by Gasteiger charge is -2.10. The Kier molecular flexibility index (Phi) is 8.28. The van der Waals surface area contributed by atoms with Gasteiger partial charge < -0.3 is 0 Å². The third-order valence-corrected chi connectivity index (χ3v) is 12.5. The van der Waals surface area contributed by atoms with Gasteiger partial charge in [0, 0.05) is 22.3 Å². The van der Waals surface area contributed by atoms with Crippen LogP contribution in [0.25, 0.3) is 124 Å². The number of nitrogens with zero attached hydrogens (tertiary/aromatic N) is 12. The van der Waals surface area contributed by atoms with E-state index in [-0.39, 0.29) is 0 Å². The number of imidazole rings is 4. The molecular weight excluding hydrogens is 841 g/mol. The molecule has 0 aliphatic rings. The van der Waals surface area contributed by atoms with Crippen molar-refractivity contribution in [2.75, 3.05) is 0 Å². The van der Waals surface area contributed by atoms with Gasteiger partial charge in [-0.3, -0.25) is 8.80 Å². The van der Waals surface area contributed by atoms with Crippen molar-refractivity contribution in [3.63, 3.8) is 0 Å². The van der Waals surface area contributed by atoms with Gasteiger partial charge in [-0.15, -0.1) is 0 Å². The van der Waals surface area contributed by atoms with E-state index in [2.05, 4.69) is 57.3 Å². The molecule has 14 aromatic rings. The number of hydrogen-bond acceptors (Lipinski definition) is 8. The summed E-state index contributed by atoms with van der Waals surface area (Å²) >= 11 is 0. The third kappa shape index (κ3) is 5.94. The Bertz CT molecular complexity index is 3860. The van der Waals surface area contributed by atoms with E-state index in [1.807, 2.05) is 167 Å². The number of hydrogen-bond donors (Lipinski definition) is 0. The molecule has 0 bridgehead atoms. The van der Waals surface area contributed by atoms with Crippen LogP contribution in [0.15, 0.2) is 206 Å². The van der Waals surface area contributed by atoms with Crippen LogP contribution in [0.1, 0.15) is 0 Å². The van der Waals surface area contributed by atoms with Crippen LogP contribution in [0.5, 0.6) is 0 Å². The van der Waals surface area contributed by atoms with Crippen LogP contribution >= 0.6 is 0 Å². The van der Waals surface area contributed by atoms with Crippen molar-refractivity contribution in [2.45, 2.75) is 0 Å². The normalized spacial score (nSPS) is 11.8. The minimum atomic E-state index is 0.474. The average Bonchev–Trinajstić information content (AvgIpc) is 4.15. The van der Waals surface area contributed by atoms with Gasteiger partial charge >= 0.3 is 0 Å². The van der Waals surface area contributed by atoms with Crippen LogP contribution < -0.4 is 0 Å². The topological polar surface area (TPSA) is 122 Å². The van der Waals surface area contributed by atoms with Crippen molar-refractivity contribution >= 4 is 55.7 Å². The van der Waals surface area contributed by atoms with Gasteiger partial charge in [0.05, 0.1) is 44.1 Å². The van der Waals surface area contributed by atoms with Gasteiger partial charge in [0.25, 0.3) is 0 Å². The zero-order valence-corrected chi connectivity index (χ0v) is 36.0. The van der Waals surface area contributed by atoms with Gasteiger partial charge in [-0.1, -0.05) is 158 Å². The molecule has 0 atom stereocenters. The molecule has 8 aromatic carbocycles. The molecule has 6 aromatic heterocycles. The largest absolute Gasteiger partial charge is 0.276 e. The predicted octanol–water partition coefficient (Wildman–Crippen LogP) is 11.9. The summed E-state index contributed by atoms with van der Waals surface area (Å²) in [5.74, 6) is 4.64. The van der Waals surface area contributed by atoms with Crippen molar-refractivity contribution in [1.29, 1.82) is 0 Å². The molecule has 0 fully saturated rings. The summed E-state index contributed by atoms with van der Waals surface area (Å²) in [4.78, 5) is 40.9. The first-order valence-corrected chi connectivity index (χ1v) is 22.3. The lowest BCUT2D eigenvalue weighted by Crippen LogP contribution is -2.07. The molecule has 68 heavy (non-hydrogen) atoms. The van der Waals surface area contributed by atoms with E-state index < -0.39 is 0 Å². The van der Waals surface area contributed by atoms with E-state index >= 15 is 0 Å². The summed E-state index contributed by atoms with van der Waals surface area (Å²) in [6, 6.07) is 69.6. The number of aromatic nitrogens is 12. The van der Waals surface area contributed by atoms with E-state index in [4.69, 9.17) is 39.9 Å². The molecule has 12 nitrogen and oxygen atoms in total. The Balaban J connectivity index is 0.989. The summed E-state index contributed by atoms with van der Waals surface area (Å²) in [6.45, 7) is 0. The summed E-state index contributed by atoms with van der Waals surface area (Å²) in [5.41, 5.74) is 13.0. The summed E-state index contributed by atoms with van der Waals surface area (Å²) in [6.07, 6.45) is 0. The van der Waals surface area contributed by atoms with Gasteiger partial charge in [-0.25, -0.2) is 29.1 Å². The molecule has 0 radical (unpaired) electrons. The van der Waals surface area contributed by atoms with E-state index in [1.165, 1.54) is 0 Å². The fraction of sp³-hybridized carbons (Fsp3) is 0. The van der Waals surface area contributed by atoms with Gasteiger partial charge in [-0.05, 0) is 59.7 Å². The second-order valence-corrected chi connectivity index (χ2v) is 16.6. The average molecular weight is 875 g/mol. The SMILES string of the molecule is c1ccc(-c2nc(-c3ccccc3)nc(-n3c4ccc(-c5ccc6c(c5)n5c7ccccc7nc5n6-c5nc(-c6ccccc6)nc(-c6ccccc6)n5)cc4n4c5ccccc5nc34)n2)cc1. The number of para-hydroxylation sites is 4. The van der Waals surface area contributed by atoms with Crippen LogP contribution in [0.4, 0.5) is 0 Å². The molecule has 6 heterocycles. The van der Waals surface area contributed by atoms with Crippen LogP contribution in [0.2, 0.25) is 0 Å². The molecule has 12 heteroatoms. The molecule has 0 saturated heterocycles. The van der Waals surface area contributed by atoms with Crippen LogP contribution in [-0.4, -0.2) is 57.8 Å². The van der Waals surface area contributed by atoms with E-state index in [0.29, 0.717) is 46.7 Å². The zero-order valence-electron chi connectivity index (χ0n) is 36.0. The number of fused-ring (bicyclic) bond motifs is 10. The highest BCUT2D eigenvalue weighted by molar-refractivity contribution is 5.97.